The highest BCUT2D eigenvalue weighted by Crippen LogP contribution is 2.12. The molecule has 0 saturated carbocycles. The molecule has 0 aromatic heterocycles. The Balaban J connectivity index is 2.44. The molecule has 0 bridgehead atoms. The number of aliphatic hydroxyl groups excluding tert-OH is 5. The predicted molar refractivity (Wildman–Crippen MR) is 76.7 cm³/mol. The molecule has 0 aliphatic rings. The lowest BCUT2D eigenvalue weighted by Crippen LogP contribution is -2.47. The molecule has 4 atom stereocenters. The molecule has 0 spiro atoms. The fourth-order valence-electron chi connectivity index (χ4n) is 1.96. The molecule has 1 aromatic rings. The quantitative estimate of drug-likeness (QED) is 0.432. The Morgan fingerprint density at radius 3 is 2.19 bits per heavy atom. The molecule has 6 nitrogen and oxygen atoms in total. The number of ether oxygens (including phenoxy) is 1. The van der Waals surface area contributed by atoms with Crippen LogP contribution in [0.2, 0.25) is 0 Å². The molecule has 5 N–H and O–H groups in total. The molecule has 0 aliphatic heterocycles. The number of benzene rings is 1. The molecule has 1 rings (SSSR count). The summed E-state index contributed by atoms with van der Waals surface area (Å²) in [7, 11) is 0. The lowest BCUT2D eigenvalue weighted by molar-refractivity contribution is -0.130. The highest BCUT2D eigenvalue weighted by atomic mass is 16.5. The minimum Gasteiger partial charge on any atom is -0.394 e. The molecule has 0 amide bonds. The fraction of sp³-hybridized carbons (Fsp3) is 0.600. The van der Waals surface area contributed by atoms with Gasteiger partial charge in [0.2, 0.25) is 0 Å². The first kappa shape index (κ1) is 18.0. The average molecular weight is 300 g/mol. The molecular formula is C15H24O6. The van der Waals surface area contributed by atoms with E-state index in [-0.39, 0.29) is 13.2 Å². The van der Waals surface area contributed by atoms with Gasteiger partial charge in [0, 0.05) is 0 Å². The SMILES string of the molecule is Cc1ccc(COC[C@H](O)[C@@H](O)[C@H](O)[C@H](O)CO)c(C)c1. The van der Waals surface area contributed by atoms with Gasteiger partial charge in [0.25, 0.3) is 0 Å². The van der Waals surface area contributed by atoms with Crippen molar-refractivity contribution >= 4 is 0 Å². The van der Waals surface area contributed by atoms with Crippen LogP contribution in [0.3, 0.4) is 0 Å². The van der Waals surface area contributed by atoms with E-state index >= 15 is 0 Å². The second-order valence-electron chi connectivity index (χ2n) is 5.24. The van der Waals surface area contributed by atoms with Crippen LogP contribution in [0.4, 0.5) is 0 Å². The zero-order chi connectivity index (χ0) is 16.0. The third-order valence-corrected chi connectivity index (χ3v) is 3.37. The van der Waals surface area contributed by atoms with Crippen molar-refractivity contribution in [3.63, 3.8) is 0 Å². The summed E-state index contributed by atoms with van der Waals surface area (Å²) in [5, 5.41) is 46.7. The van der Waals surface area contributed by atoms with Crippen LogP contribution in [0.1, 0.15) is 16.7 Å². The van der Waals surface area contributed by atoms with Gasteiger partial charge in [-0.3, -0.25) is 0 Å². The number of hydrogen-bond acceptors (Lipinski definition) is 6. The highest BCUT2D eigenvalue weighted by molar-refractivity contribution is 5.29. The van der Waals surface area contributed by atoms with Crippen molar-refractivity contribution in [3.05, 3.63) is 34.9 Å². The molecule has 6 heteroatoms. The average Bonchev–Trinajstić information content (AvgIpc) is 2.46. The normalized spacial score (nSPS) is 17.3. The third kappa shape index (κ3) is 5.35. The summed E-state index contributed by atoms with van der Waals surface area (Å²) in [5.41, 5.74) is 3.19. The van der Waals surface area contributed by atoms with Gasteiger partial charge in [0.1, 0.15) is 24.4 Å². The van der Waals surface area contributed by atoms with Gasteiger partial charge >= 0.3 is 0 Å². The van der Waals surface area contributed by atoms with E-state index in [0.29, 0.717) is 0 Å². The van der Waals surface area contributed by atoms with Crippen molar-refractivity contribution in [3.8, 4) is 0 Å². The predicted octanol–water partition coefficient (Wildman–Crippen LogP) is -0.744. The van der Waals surface area contributed by atoms with E-state index in [0.717, 1.165) is 16.7 Å². The van der Waals surface area contributed by atoms with Crippen molar-refractivity contribution in [2.75, 3.05) is 13.2 Å². The minimum atomic E-state index is -1.63. The Hall–Kier alpha value is -1.02. The smallest absolute Gasteiger partial charge is 0.111 e. The third-order valence-electron chi connectivity index (χ3n) is 3.37. The van der Waals surface area contributed by atoms with Gasteiger partial charge in [-0.05, 0) is 25.0 Å². The van der Waals surface area contributed by atoms with Crippen molar-refractivity contribution in [1.82, 2.24) is 0 Å². The fourth-order valence-corrected chi connectivity index (χ4v) is 1.96. The Kier molecular flexibility index (Phi) is 7.24. The van der Waals surface area contributed by atoms with Crippen LogP contribution in [-0.4, -0.2) is 63.2 Å². The molecule has 0 fully saturated rings. The second kappa shape index (κ2) is 8.43. The maximum atomic E-state index is 9.70. The highest BCUT2D eigenvalue weighted by Gasteiger charge is 2.30. The van der Waals surface area contributed by atoms with Gasteiger partial charge in [-0.15, -0.1) is 0 Å². The lowest BCUT2D eigenvalue weighted by Gasteiger charge is -2.25. The van der Waals surface area contributed by atoms with E-state index in [1.807, 2.05) is 32.0 Å². The summed E-state index contributed by atoms with van der Waals surface area (Å²) in [6.45, 7) is 3.33. The number of aliphatic hydroxyl groups is 5. The van der Waals surface area contributed by atoms with Crippen LogP contribution >= 0.6 is 0 Å². The van der Waals surface area contributed by atoms with Gasteiger partial charge in [-0.2, -0.15) is 0 Å². The molecule has 21 heavy (non-hydrogen) atoms. The molecule has 120 valence electrons. The van der Waals surface area contributed by atoms with Gasteiger partial charge < -0.3 is 30.3 Å². The van der Waals surface area contributed by atoms with E-state index < -0.39 is 31.0 Å². The zero-order valence-electron chi connectivity index (χ0n) is 12.3. The molecule has 0 aliphatic carbocycles. The number of hydrogen-bond donors (Lipinski definition) is 5. The molecular weight excluding hydrogens is 276 g/mol. The van der Waals surface area contributed by atoms with Gasteiger partial charge in [-0.25, -0.2) is 0 Å². The van der Waals surface area contributed by atoms with Crippen LogP contribution in [0, 0.1) is 13.8 Å². The van der Waals surface area contributed by atoms with E-state index in [9.17, 15) is 20.4 Å². The zero-order valence-corrected chi connectivity index (χ0v) is 12.3. The number of aryl methyl sites for hydroxylation is 2. The van der Waals surface area contributed by atoms with Crippen LogP contribution in [0.15, 0.2) is 18.2 Å². The molecule has 0 heterocycles. The molecule has 0 radical (unpaired) electrons. The monoisotopic (exact) mass is 300 g/mol. The maximum absolute atomic E-state index is 9.70. The van der Waals surface area contributed by atoms with Gasteiger partial charge in [0.15, 0.2) is 0 Å². The van der Waals surface area contributed by atoms with Crippen molar-refractivity contribution in [2.24, 2.45) is 0 Å². The summed E-state index contributed by atoms with van der Waals surface area (Å²) in [5.74, 6) is 0. The van der Waals surface area contributed by atoms with E-state index in [1.165, 1.54) is 0 Å². The Morgan fingerprint density at radius 2 is 1.62 bits per heavy atom. The first-order valence-electron chi connectivity index (χ1n) is 6.83. The van der Waals surface area contributed by atoms with E-state index in [2.05, 4.69) is 0 Å². The summed E-state index contributed by atoms with van der Waals surface area (Å²) in [6, 6.07) is 5.90. The Labute approximate surface area is 124 Å². The Morgan fingerprint density at radius 1 is 1.00 bits per heavy atom. The summed E-state index contributed by atoms with van der Waals surface area (Å²) >= 11 is 0. The van der Waals surface area contributed by atoms with E-state index in [1.54, 1.807) is 0 Å². The maximum Gasteiger partial charge on any atom is 0.111 e. The summed E-state index contributed by atoms with van der Waals surface area (Å²) in [4.78, 5) is 0. The topological polar surface area (TPSA) is 110 Å². The van der Waals surface area contributed by atoms with Crippen LogP contribution < -0.4 is 0 Å². The van der Waals surface area contributed by atoms with Gasteiger partial charge in [-0.1, -0.05) is 23.8 Å². The van der Waals surface area contributed by atoms with Crippen LogP contribution in [-0.2, 0) is 11.3 Å². The second-order valence-corrected chi connectivity index (χ2v) is 5.24. The first-order valence-corrected chi connectivity index (χ1v) is 6.83. The summed E-state index contributed by atoms with van der Waals surface area (Å²) in [6.07, 6.45) is -6.08. The molecule has 0 unspecified atom stereocenters. The van der Waals surface area contributed by atoms with Crippen molar-refractivity contribution in [2.45, 2.75) is 44.9 Å². The largest absolute Gasteiger partial charge is 0.394 e. The van der Waals surface area contributed by atoms with Gasteiger partial charge in [0.05, 0.1) is 19.8 Å². The molecule has 1 aromatic carbocycles. The minimum absolute atomic E-state index is 0.191. The van der Waals surface area contributed by atoms with Crippen LogP contribution in [0.25, 0.3) is 0 Å². The van der Waals surface area contributed by atoms with Crippen molar-refractivity contribution in [1.29, 1.82) is 0 Å². The first-order chi connectivity index (χ1) is 9.86. The van der Waals surface area contributed by atoms with Crippen LogP contribution in [0.5, 0.6) is 0 Å². The van der Waals surface area contributed by atoms with Crippen molar-refractivity contribution < 1.29 is 30.3 Å². The summed E-state index contributed by atoms with van der Waals surface area (Å²) < 4.78 is 5.32. The Bertz CT molecular complexity index is 436. The lowest BCUT2D eigenvalue weighted by atomic mass is 10.0. The number of rotatable bonds is 8. The standard InChI is InChI=1S/C15H24O6/c1-9-3-4-11(10(2)5-9)7-21-8-13(18)15(20)14(19)12(17)6-16/h3-5,12-20H,6-8H2,1-2H3/t12-,13+,14-,15-/m1/s1. The molecule has 0 saturated heterocycles. The van der Waals surface area contributed by atoms with E-state index in [4.69, 9.17) is 9.84 Å².